The van der Waals surface area contributed by atoms with Crippen LogP contribution >= 0.6 is 50.6 Å². The molecular formula is C13H12BrClS2. The van der Waals surface area contributed by atoms with Gasteiger partial charge in [0.2, 0.25) is 0 Å². The van der Waals surface area contributed by atoms with E-state index in [1.807, 2.05) is 6.07 Å². The number of hydrogen-bond donors (Lipinski definition) is 0. The maximum absolute atomic E-state index is 6.58. The molecule has 1 aromatic heterocycles. The maximum Gasteiger partial charge on any atom is 0.0939 e. The summed E-state index contributed by atoms with van der Waals surface area (Å²) < 4.78 is 1.14. The van der Waals surface area contributed by atoms with Crippen LogP contribution in [0.25, 0.3) is 0 Å². The third kappa shape index (κ3) is 2.90. The summed E-state index contributed by atoms with van der Waals surface area (Å²) in [5.74, 6) is 0. The molecule has 0 radical (unpaired) electrons. The Morgan fingerprint density at radius 3 is 2.65 bits per heavy atom. The number of benzene rings is 1. The summed E-state index contributed by atoms with van der Waals surface area (Å²) in [6.07, 6.45) is 2.08. The molecule has 2 rings (SSSR count). The standard InChI is InChI=1S/C13H12BrClS2/c1-8-10(14)7-12(17-8)13(15)9-5-3-4-6-11(9)16-2/h3-7,13H,1-2H3. The first-order valence-electron chi connectivity index (χ1n) is 5.16. The van der Waals surface area contributed by atoms with E-state index in [0.717, 1.165) is 4.47 Å². The Bertz CT molecular complexity index is 502. The minimum absolute atomic E-state index is 0.0614. The highest BCUT2D eigenvalue weighted by Gasteiger charge is 2.17. The lowest BCUT2D eigenvalue weighted by atomic mass is 10.1. The minimum atomic E-state index is -0.0614. The number of rotatable bonds is 3. The molecule has 90 valence electrons. The summed E-state index contributed by atoms with van der Waals surface area (Å²) >= 11 is 13.6. The number of hydrogen-bond acceptors (Lipinski definition) is 2. The van der Waals surface area contributed by atoms with Crippen LogP contribution in [0.5, 0.6) is 0 Å². The zero-order valence-corrected chi connectivity index (χ0v) is 13.5. The van der Waals surface area contributed by atoms with Gasteiger partial charge < -0.3 is 0 Å². The van der Waals surface area contributed by atoms with Gasteiger partial charge in [-0.3, -0.25) is 0 Å². The monoisotopic (exact) mass is 346 g/mol. The van der Waals surface area contributed by atoms with Crippen molar-refractivity contribution >= 4 is 50.6 Å². The van der Waals surface area contributed by atoms with Crippen LogP contribution in [0.3, 0.4) is 0 Å². The molecule has 0 aliphatic heterocycles. The first-order chi connectivity index (χ1) is 8.13. The Morgan fingerprint density at radius 2 is 2.06 bits per heavy atom. The molecule has 0 nitrogen and oxygen atoms in total. The Balaban J connectivity index is 2.39. The van der Waals surface area contributed by atoms with E-state index in [1.54, 1.807) is 23.1 Å². The maximum atomic E-state index is 6.58. The van der Waals surface area contributed by atoms with Crippen molar-refractivity contribution in [2.24, 2.45) is 0 Å². The lowest BCUT2D eigenvalue weighted by Gasteiger charge is -2.11. The summed E-state index contributed by atoms with van der Waals surface area (Å²) in [5, 5.41) is -0.0614. The predicted molar refractivity (Wildman–Crippen MR) is 82.7 cm³/mol. The van der Waals surface area contributed by atoms with E-state index in [-0.39, 0.29) is 5.38 Å². The average molecular weight is 348 g/mol. The Kier molecular flexibility index (Phi) is 4.59. The summed E-state index contributed by atoms with van der Waals surface area (Å²) in [6, 6.07) is 10.4. The van der Waals surface area contributed by atoms with Gasteiger partial charge in [-0.2, -0.15) is 0 Å². The molecule has 0 bridgehead atoms. The normalized spacial score (nSPS) is 12.7. The van der Waals surface area contributed by atoms with Gasteiger partial charge in [-0.1, -0.05) is 18.2 Å². The number of thiophene rings is 1. The molecule has 2 aromatic rings. The van der Waals surface area contributed by atoms with Crippen molar-refractivity contribution in [3.05, 3.63) is 50.1 Å². The fraction of sp³-hybridized carbons (Fsp3) is 0.231. The molecule has 4 heteroatoms. The molecule has 0 spiro atoms. The van der Waals surface area contributed by atoms with Crippen molar-refractivity contribution in [1.29, 1.82) is 0 Å². The van der Waals surface area contributed by atoms with E-state index < -0.39 is 0 Å². The lowest BCUT2D eigenvalue weighted by molar-refractivity contribution is 1.12. The molecule has 0 aliphatic carbocycles. The van der Waals surface area contributed by atoms with Crippen molar-refractivity contribution < 1.29 is 0 Å². The van der Waals surface area contributed by atoms with Crippen molar-refractivity contribution in [2.45, 2.75) is 17.2 Å². The smallest absolute Gasteiger partial charge is 0.0939 e. The highest BCUT2D eigenvalue weighted by Crippen LogP contribution is 2.40. The van der Waals surface area contributed by atoms with Crippen LogP contribution in [0.15, 0.2) is 39.7 Å². The molecule has 0 saturated heterocycles. The second-order valence-electron chi connectivity index (χ2n) is 3.66. The van der Waals surface area contributed by atoms with E-state index in [4.69, 9.17) is 11.6 Å². The highest BCUT2D eigenvalue weighted by molar-refractivity contribution is 9.10. The second-order valence-corrected chi connectivity index (χ2v) is 7.08. The van der Waals surface area contributed by atoms with Crippen LogP contribution < -0.4 is 0 Å². The molecule has 0 N–H and O–H groups in total. The summed E-state index contributed by atoms with van der Waals surface area (Å²) in [5.41, 5.74) is 1.19. The lowest BCUT2D eigenvalue weighted by Crippen LogP contribution is -1.92. The fourth-order valence-corrected chi connectivity index (χ4v) is 4.28. The molecule has 1 unspecified atom stereocenters. The molecule has 0 aliphatic rings. The zero-order valence-electron chi connectivity index (χ0n) is 9.54. The summed E-state index contributed by atoms with van der Waals surface area (Å²) in [4.78, 5) is 3.71. The topological polar surface area (TPSA) is 0 Å². The van der Waals surface area contributed by atoms with E-state index in [9.17, 15) is 0 Å². The van der Waals surface area contributed by atoms with Crippen LogP contribution in [-0.4, -0.2) is 6.26 Å². The number of halogens is 2. The van der Waals surface area contributed by atoms with E-state index in [2.05, 4.69) is 53.4 Å². The second kappa shape index (κ2) is 5.79. The van der Waals surface area contributed by atoms with Gasteiger partial charge in [-0.15, -0.1) is 34.7 Å². The van der Waals surface area contributed by atoms with E-state index in [1.165, 1.54) is 20.2 Å². The van der Waals surface area contributed by atoms with Gasteiger partial charge in [0.25, 0.3) is 0 Å². The van der Waals surface area contributed by atoms with Crippen molar-refractivity contribution in [3.8, 4) is 0 Å². The van der Waals surface area contributed by atoms with E-state index in [0.29, 0.717) is 0 Å². The number of alkyl halides is 1. The van der Waals surface area contributed by atoms with Gasteiger partial charge in [0.05, 0.1) is 5.38 Å². The van der Waals surface area contributed by atoms with Gasteiger partial charge >= 0.3 is 0 Å². The van der Waals surface area contributed by atoms with Crippen LogP contribution in [0.2, 0.25) is 0 Å². The number of aryl methyl sites for hydroxylation is 1. The molecule has 0 saturated carbocycles. The van der Waals surface area contributed by atoms with Crippen molar-refractivity contribution in [2.75, 3.05) is 6.26 Å². The summed E-state index contributed by atoms with van der Waals surface area (Å²) in [6.45, 7) is 2.10. The van der Waals surface area contributed by atoms with Gasteiger partial charge in [0, 0.05) is 19.1 Å². The van der Waals surface area contributed by atoms with Crippen LogP contribution in [0.1, 0.15) is 20.7 Å². The van der Waals surface area contributed by atoms with E-state index >= 15 is 0 Å². The Hall–Kier alpha value is 0.0400. The highest BCUT2D eigenvalue weighted by atomic mass is 79.9. The molecule has 1 heterocycles. The third-order valence-electron chi connectivity index (χ3n) is 2.54. The molecule has 0 fully saturated rings. The first-order valence-corrected chi connectivity index (χ1v) is 8.43. The molecule has 1 aromatic carbocycles. The van der Waals surface area contributed by atoms with Gasteiger partial charge in [0.15, 0.2) is 0 Å². The van der Waals surface area contributed by atoms with Gasteiger partial charge in [0.1, 0.15) is 0 Å². The Labute approximate surface area is 124 Å². The molecular weight excluding hydrogens is 336 g/mol. The van der Waals surface area contributed by atoms with Crippen molar-refractivity contribution in [1.82, 2.24) is 0 Å². The first kappa shape index (κ1) is 13.5. The van der Waals surface area contributed by atoms with Crippen LogP contribution in [0.4, 0.5) is 0 Å². The van der Waals surface area contributed by atoms with Crippen LogP contribution in [0, 0.1) is 6.92 Å². The molecule has 1 atom stereocenters. The predicted octanol–water partition coefficient (Wildman–Crippen LogP) is 5.87. The van der Waals surface area contributed by atoms with Gasteiger partial charge in [-0.05, 0) is 46.8 Å². The Morgan fingerprint density at radius 1 is 1.35 bits per heavy atom. The fourth-order valence-electron chi connectivity index (χ4n) is 1.64. The summed E-state index contributed by atoms with van der Waals surface area (Å²) in [7, 11) is 0. The molecule has 17 heavy (non-hydrogen) atoms. The largest absolute Gasteiger partial charge is 0.143 e. The zero-order chi connectivity index (χ0) is 12.4. The number of thioether (sulfide) groups is 1. The third-order valence-corrected chi connectivity index (χ3v) is 6.15. The van der Waals surface area contributed by atoms with Crippen LogP contribution in [-0.2, 0) is 0 Å². The van der Waals surface area contributed by atoms with Gasteiger partial charge in [-0.25, -0.2) is 0 Å². The molecule has 0 amide bonds. The SMILES string of the molecule is CSc1ccccc1C(Cl)c1cc(Br)c(C)s1. The van der Waals surface area contributed by atoms with Crippen molar-refractivity contribution in [3.63, 3.8) is 0 Å². The average Bonchev–Trinajstić information content (AvgIpc) is 2.68. The quantitative estimate of drug-likeness (QED) is 0.494. The minimum Gasteiger partial charge on any atom is -0.143 e.